The Labute approximate surface area is 277 Å². The number of fused-ring (bicyclic) bond motifs is 2. The van der Waals surface area contributed by atoms with Crippen molar-refractivity contribution in [2.45, 2.75) is 38.8 Å². The van der Waals surface area contributed by atoms with Gasteiger partial charge in [-0.25, -0.2) is 9.55 Å². The van der Waals surface area contributed by atoms with Crippen LogP contribution in [0.2, 0.25) is 16.6 Å². The van der Waals surface area contributed by atoms with E-state index in [2.05, 4.69) is 20.2 Å². The van der Waals surface area contributed by atoms with Gasteiger partial charge < -0.3 is 24.5 Å². The zero-order valence-electron chi connectivity index (χ0n) is 25.1. The molecule has 0 aliphatic carbocycles. The zero-order chi connectivity index (χ0) is 33.6. The lowest BCUT2D eigenvalue weighted by Gasteiger charge is -2.35. The highest BCUT2D eigenvalue weighted by atomic mass is 35.5. The lowest BCUT2D eigenvalue weighted by Crippen LogP contribution is -2.46. The molecule has 0 bridgehead atoms. The average molecular weight is 703 g/mol. The van der Waals surface area contributed by atoms with Crippen LogP contribution in [0.1, 0.15) is 28.5 Å². The number of carbonyl (C=O) groups excluding carboxylic acids is 1. The van der Waals surface area contributed by atoms with Gasteiger partial charge in [-0.2, -0.15) is 0 Å². The van der Waals surface area contributed by atoms with Gasteiger partial charge in [0.15, 0.2) is 11.4 Å². The number of aromatic nitrogens is 3. The maximum Gasteiger partial charge on any atom is 0.573 e. The molecule has 1 radical (unpaired) electrons. The van der Waals surface area contributed by atoms with Gasteiger partial charge in [0.25, 0.3) is 11.5 Å². The lowest BCUT2D eigenvalue weighted by molar-refractivity contribution is -0.274. The Bertz CT molecular complexity index is 2050. The molecule has 1 aliphatic heterocycles. The Hall–Kier alpha value is -4.53. The molecule has 0 unspecified atom stereocenters. The summed E-state index contributed by atoms with van der Waals surface area (Å²) in [6.45, 7) is 3.79. The lowest BCUT2D eigenvalue weighted by atomic mass is 9.98. The molecule has 1 amide bonds. The molecule has 2 aromatic heterocycles. The number of nitrogens with zero attached hydrogens (tertiary/aromatic N) is 4. The molecule has 0 spiro atoms. The van der Waals surface area contributed by atoms with Gasteiger partial charge in [-0.3, -0.25) is 9.59 Å². The minimum absolute atomic E-state index is 0.0578. The Balaban J connectivity index is 1.40. The van der Waals surface area contributed by atoms with Crippen LogP contribution < -0.4 is 25.8 Å². The standard InChI is InChI=1S/C31H26Cl2F3N6O4Si/c1-16-12-22-25(15-41(16)28(43)17-4-11-23(32)24(33)13-17)38-30(40-47(3)20-8-6-19(7-9-20)45-31(34,35)36)42(29(22)44)18-5-10-21-26(14-18)46-39-27(21)37-2/h4-11,13-14,16H,12,15H2,1-3H3,(H,37,39)(H,38,40)/t16-/m1/s1. The van der Waals surface area contributed by atoms with E-state index in [9.17, 15) is 22.8 Å². The second-order valence-corrected chi connectivity index (χ2v) is 13.8. The van der Waals surface area contributed by atoms with Gasteiger partial charge in [-0.05, 0) is 67.5 Å². The van der Waals surface area contributed by atoms with E-state index in [0.717, 1.165) is 5.39 Å². The van der Waals surface area contributed by atoms with Crippen LogP contribution in [0.5, 0.6) is 5.75 Å². The summed E-state index contributed by atoms with van der Waals surface area (Å²) in [5, 5.41) is 8.97. The van der Waals surface area contributed by atoms with Gasteiger partial charge in [0.1, 0.15) is 5.75 Å². The molecular formula is C31H26Cl2F3N6O4Si. The third kappa shape index (κ3) is 6.53. The second kappa shape index (κ2) is 12.6. The van der Waals surface area contributed by atoms with Crippen LogP contribution in [0.15, 0.2) is 70.0 Å². The Morgan fingerprint density at radius 1 is 1.09 bits per heavy atom. The highest BCUT2D eigenvalue weighted by Gasteiger charge is 2.33. The largest absolute Gasteiger partial charge is 0.573 e. The van der Waals surface area contributed by atoms with E-state index in [0.29, 0.717) is 44.1 Å². The molecule has 2 N–H and O–H groups in total. The Kier molecular flexibility index (Phi) is 8.68. The molecule has 243 valence electrons. The minimum atomic E-state index is -4.81. The molecule has 0 saturated heterocycles. The molecule has 6 rings (SSSR count). The fourth-order valence-electron chi connectivity index (χ4n) is 5.44. The molecule has 3 heterocycles. The topological polar surface area (TPSA) is 115 Å². The third-order valence-corrected chi connectivity index (χ3v) is 10.3. The monoisotopic (exact) mass is 701 g/mol. The van der Waals surface area contributed by atoms with Crippen molar-refractivity contribution >= 4 is 66.0 Å². The molecular weight excluding hydrogens is 676 g/mol. The van der Waals surface area contributed by atoms with Gasteiger partial charge in [0.05, 0.1) is 33.4 Å². The first-order valence-corrected chi connectivity index (χ1v) is 17.0. The van der Waals surface area contributed by atoms with Crippen molar-refractivity contribution in [3.05, 3.63) is 97.9 Å². The van der Waals surface area contributed by atoms with Crippen molar-refractivity contribution in [3.63, 3.8) is 0 Å². The number of hydrogen-bond acceptors (Lipinski definition) is 8. The van der Waals surface area contributed by atoms with E-state index in [1.54, 1.807) is 42.3 Å². The number of nitrogens with one attached hydrogen (secondary N) is 2. The first-order chi connectivity index (χ1) is 22.3. The van der Waals surface area contributed by atoms with Crippen molar-refractivity contribution in [3.8, 4) is 11.4 Å². The first kappa shape index (κ1) is 32.4. The van der Waals surface area contributed by atoms with Crippen LogP contribution in [0.3, 0.4) is 0 Å². The second-order valence-electron chi connectivity index (χ2n) is 10.9. The molecule has 3 aromatic carbocycles. The van der Waals surface area contributed by atoms with E-state index >= 15 is 0 Å². The highest BCUT2D eigenvalue weighted by molar-refractivity contribution is 6.74. The number of ether oxygens (including phenoxy) is 1. The van der Waals surface area contributed by atoms with Crippen molar-refractivity contribution in [1.82, 2.24) is 19.6 Å². The fraction of sp³-hybridized carbons (Fsp3) is 0.226. The average Bonchev–Trinajstić information content (AvgIpc) is 3.44. The molecule has 47 heavy (non-hydrogen) atoms. The van der Waals surface area contributed by atoms with Crippen molar-refractivity contribution in [2.75, 3.05) is 17.3 Å². The summed E-state index contributed by atoms with van der Waals surface area (Å²) in [7, 11) is -0.0295. The molecule has 0 saturated carbocycles. The van der Waals surface area contributed by atoms with Gasteiger partial charge in [-0.1, -0.05) is 40.5 Å². The smallest absolute Gasteiger partial charge is 0.406 e. The third-order valence-electron chi connectivity index (χ3n) is 7.81. The molecule has 1 aliphatic rings. The maximum absolute atomic E-state index is 14.3. The zero-order valence-corrected chi connectivity index (χ0v) is 27.6. The van der Waals surface area contributed by atoms with E-state index in [1.165, 1.54) is 34.9 Å². The van der Waals surface area contributed by atoms with Gasteiger partial charge in [0, 0.05) is 30.3 Å². The van der Waals surface area contributed by atoms with E-state index in [4.69, 9.17) is 32.7 Å². The van der Waals surface area contributed by atoms with Crippen LogP contribution in [0.4, 0.5) is 24.9 Å². The van der Waals surface area contributed by atoms with E-state index in [-0.39, 0.29) is 47.2 Å². The number of benzene rings is 3. The number of hydrogen-bond donors (Lipinski definition) is 2. The summed E-state index contributed by atoms with van der Waals surface area (Å²) in [4.78, 5) is 37.7. The summed E-state index contributed by atoms with van der Waals surface area (Å²) in [6.07, 6.45) is -4.57. The van der Waals surface area contributed by atoms with Gasteiger partial charge in [0.2, 0.25) is 14.9 Å². The molecule has 16 heteroatoms. The number of carbonyl (C=O) groups is 1. The van der Waals surface area contributed by atoms with Crippen LogP contribution >= 0.6 is 23.2 Å². The van der Waals surface area contributed by atoms with Crippen molar-refractivity contribution < 1.29 is 27.2 Å². The first-order valence-electron chi connectivity index (χ1n) is 14.3. The van der Waals surface area contributed by atoms with Crippen molar-refractivity contribution in [2.24, 2.45) is 0 Å². The van der Waals surface area contributed by atoms with Crippen LogP contribution in [-0.4, -0.2) is 53.9 Å². The van der Waals surface area contributed by atoms with Gasteiger partial charge >= 0.3 is 6.36 Å². The number of anilines is 2. The number of rotatable bonds is 7. The summed E-state index contributed by atoms with van der Waals surface area (Å²) in [5.74, 6) is 0.102. The summed E-state index contributed by atoms with van der Waals surface area (Å²) < 4.78 is 49.0. The Morgan fingerprint density at radius 2 is 1.83 bits per heavy atom. The Morgan fingerprint density at radius 3 is 2.51 bits per heavy atom. The molecule has 1 atom stereocenters. The van der Waals surface area contributed by atoms with Crippen LogP contribution in [-0.2, 0) is 13.0 Å². The summed E-state index contributed by atoms with van der Waals surface area (Å²) in [6, 6.07) is 15.0. The number of amides is 1. The molecule has 0 fully saturated rings. The number of alkyl halides is 3. The highest BCUT2D eigenvalue weighted by Crippen LogP contribution is 2.29. The van der Waals surface area contributed by atoms with Gasteiger partial charge in [-0.15, -0.1) is 13.2 Å². The van der Waals surface area contributed by atoms with E-state index < -0.39 is 15.3 Å². The molecule has 10 nitrogen and oxygen atoms in total. The predicted molar refractivity (Wildman–Crippen MR) is 174 cm³/mol. The summed E-state index contributed by atoms with van der Waals surface area (Å²) in [5.41, 5.74) is 1.79. The maximum atomic E-state index is 14.3. The minimum Gasteiger partial charge on any atom is -0.406 e. The SMILES string of the molecule is CNc1noc2cc(-n3c(N[Si](C)c4ccc(OC(F)(F)F)cc4)nc4c(c3=O)C[C@@H](C)N(C(=O)c3ccc(Cl)c(Cl)c3)C4)ccc12. The van der Waals surface area contributed by atoms with Crippen molar-refractivity contribution in [1.29, 1.82) is 0 Å². The van der Waals surface area contributed by atoms with E-state index in [1.807, 2.05) is 13.5 Å². The molecule has 5 aromatic rings. The number of halogens is 5. The predicted octanol–water partition coefficient (Wildman–Crippen LogP) is 6.15. The van der Waals surface area contributed by atoms with Crippen LogP contribution in [0, 0.1) is 0 Å². The summed E-state index contributed by atoms with van der Waals surface area (Å²) >= 11 is 12.2. The quantitative estimate of drug-likeness (QED) is 0.194. The fourth-order valence-corrected chi connectivity index (χ4v) is 7.05. The van der Waals surface area contributed by atoms with Crippen LogP contribution in [0.25, 0.3) is 16.7 Å². The normalized spacial score (nSPS) is 14.7.